The quantitative estimate of drug-likeness (QED) is 0.736. The number of hydrogen-bond donors (Lipinski definition) is 2. The van der Waals surface area contributed by atoms with Crippen LogP contribution in [0.15, 0.2) is 16.5 Å². The average Bonchev–Trinajstić information content (AvgIpc) is 2.46. The summed E-state index contributed by atoms with van der Waals surface area (Å²) in [5, 5.41) is 6.38. The van der Waals surface area contributed by atoms with Crippen LogP contribution in [0.5, 0.6) is 0 Å². The Morgan fingerprint density at radius 2 is 2.36 bits per heavy atom. The van der Waals surface area contributed by atoms with E-state index >= 15 is 0 Å². The maximum atomic E-state index is 11.1. The summed E-state index contributed by atoms with van der Waals surface area (Å²) in [6, 6.07) is 3.54. The van der Waals surface area contributed by atoms with Crippen LogP contribution in [0.1, 0.15) is 18.2 Å². The van der Waals surface area contributed by atoms with E-state index < -0.39 is 0 Å². The molecule has 1 unspecified atom stereocenters. The number of rotatable bonds is 1. The Morgan fingerprint density at radius 1 is 1.50 bits per heavy atom. The van der Waals surface area contributed by atoms with Crippen LogP contribution in [0.2, 0.25) is 5.22 Å². The fourth-order valence-corrected chi connectivity index (χ4v) is 1.61. The molecule has 4 nitrogen and oxygen atoms in total. The second-order valence-electron chi connectivity index (χ2n) is 3.20. The minimum atomic E-state index is 0.0222. The molecule has 1 amide bonds. The molecule has 0 radical (unpaired) electrons. The van der Waals surface area contributed by atoms with Crippen molar-refractivity contribution < 1.29 is 9.21 Å². The third-order valence-corrected chi connectivity index (χ3v) is 2.39. The van der Waals surface area contributed by atoms with E-state index in [9.17, 15) is 4.79 Å². The van der Waals surface area contributed by atoms with Gasteiger partial charge in [0.15, 0.2) is 5.22 Å². The zero-order chi connectivity index (χ0) is 9.97. The fraction of sp³-hybridized carbons (Fsp3) is 0.444. The summed E-state index contributed by atoms with van der Waals surface area (Å²) in [4.78, 5) is 11.1. The standard InChI is InChI=1S/C9H11ClN2O2/c10-8-2-1-7(14-8)6-5-12-9(13)3-4-11-6/h1-2,6,11H,3-5H2,(H,12,13). The normalized spacial score (nSPS) is 22.9. The summed E-state index contributed by atoms with van der Waals surface area (Å²) >= 11 is 5.67. The molecule has 14 heavy (non-hydrogen) atoms. The van der Waals surface area contributed by atoms with Crippen molar-refractivity contribution in [3.05, 3.63) is 23.1 Å². The molecule has 1 aromatic heterocycles. The summed E-state index contributed by atoms with van der Waals surface area (Å²) in [5.74, 6) is 0.829. The fourth-order valence-electron chi connectivity index (χ4n) is 1.45. The van der Waals surface area contributed by atoms with Crippen molar-refractivity contribution in [3.63, 3.8) is 0 Å². The van der Waals surface area contributed by atoms with E-state index in [0.29, 0.717) is 24.7 Å². The third-order valence-electron chi connectivity index (χ3n) is 2.18. The van der Waals surface area contributed by atoms with E-state index in [2.05, 4.69) is 10.6 Å². The molecule has 0 bridgehead atoms. The lowest BCUT2D eigenvalue weighted by atomic mass is 10.2. The lowest BCUT2D eigenvalue weighted by molar-refractivity contribution is -0.120. The van der Waals surface area contributed by atoms with E-state index in [1.54, 1.807) is 6.07 Å². The zero-order valence-corrected chi connectivity index (χ0v) is 8.30. The van der Waals surface area contributed by atoms with Crippen LogP contribution in [-0.4, -0.2) is 19.0 Å². The number of nitrogens with one attached hydrogen (secondary N) is 2. The van der Waals surface area contributed by atoms with Gasteiger partial charge < -0.3 is 15.1 Å². The number of carbonyl (C=O) groups excluding carboxylic acids is 1. The number of hydrogen-bond acceptors (Lipinski definition) is 3. The molecule has 0 spiro atoms. The Balaban J connectivity index is 2.07. The maximum absolute atomic E-state index is 11.1. The van der Waals surface area contributed by atoms with Crippen molar-refractivity contribution in [2.45, 2.75) is 12.5 Å². The topological polar surface area (TPSA) is 54.3 Å². The predicted octanol–water partition coefficient (Wildman–Crippen LogP) is 1.08. The first kappa shape index (κ1) is 9.55. The van der Waals surface area contributed by atoms with E-state index in [1.165, 1.54) is 0 Å². The maximum Gasteiger partial charge on any atom is 0.221 e. The number of furan rings is 1. The highest BCUT2D eigenvalue weighted by atomic mass is 35.5. The summed E-state index contributed by atoms with van der Waals surface area (Å²) in [6.07, 6.45) is 0.505. The molecular weight excluding hydrogens is 204 g/mol. The Kier molecular flexibility index (Phi) is 2.74. The average molecular weight is 215 g/mol. The molecule has 1 aromatic rings. The van der Waals surface area contributed by atoms with E-state index in [1.807, 2.05) is 6.07 Å². The molecule has 5 heteroatoms. The van der Waals surface area contributed by atoms with Gasteiger partial charge in [-0.2, -0.15) is 0 Å². The van der Waals surface area contributed by atoms with Gasteiger partial charge in [0, 0.05) is 19.5 Å². The summed E-state index contributed by atoms with van der Waals surface area (Å²) in [6.45, 7) is 1.21. The van der Waals surface area contributed by atoms with Gasteiger partial charge >= 0.3 is 0 Å². The van der Waals surface area contributed by atoms with Crippen LogP contribution in [0.4, 0.5) is 0 Å². The Morgan fingerprint density at radius 3 is 3.07 bits per heavy atom. The van der Waals surface area contributed by atoms with Crippen molar-refractivity contribution in [1.29, 1.82) is 0 Å². The highest BCUT2D eigenvalue weighted by Crippen LogP contribution is 2.20. The molecule has 1 aliphatic rings. The molecule has 2 heterocycles. The SMILES string of the molecule is O=C1CCNC(c2ccc(Cl)o2)CN1. The van der Waals surface area contributed by atoms with Crippen molar-refractivity contribution >= 4 is 17.5 Å². The number of carbonyl (C=O) groups is 1. The van der Waals surface area contributed by atoms with Crippen molar-refractivity contribution in [2.24, 2.45) is 0 Å². The molecule has 76 valence electrons. The first-order chi connectivity index (χ1) is 6.75. The summed E-state index contributed by atoms with van der Waals surface area (Å²) in [5.41, 5.74) is 0. The van der Waals surface area contributed by atoms with Crippen LogP contribution in [0, 0.1) is 0 Å². The number of amides is 1. The third kappa shape index (κ3) is 2.08. The summed E-state index contributed by atoms with van der Waals surface area (Å²) in [7, 11) is 0. The Hall–Kier alpha value is -1.00. The van der Waals surface area contributed by atoms with E-state index in [-0.39, 0.29) is 11.9 Å². The Bertz CT molecular complexity index is 337. The van der Waals surface area contributed by atoms with Gasteiger partial charge in [-0.25, -0.2) is 0 Å². The van der Waals surface area contributed by atoms with Crippen LogP contribution < -0.4 is 10.6 Å². The van der Waals surface area contributed by atoms with Gasteiger partial charge in [-0.15, -0.1) is 0 Å². The van der Waals surface area contributed by atoms with Gasteiger partial charge in [0.05, 0.1) is 6.04 Å². The van der Waals surface area contributed by atoms with Crippen LogP contribution in [0.3, 0.4) is 0 Å². The van der Waals surface area contributed by atoms with Gasteiger partial charge in [0.1, 0.15) is 5.76 Å². The van der Waals surface area contributed by atoms with Gasteiger partial charge in [0.25, 0.3) is 0 Å². The molecule has 1 saturated heterocycles. The van der Waals surface area contributed by atoms with Crippen molar-refractivity contribution in [3.8, 4) is 0 Å². The zero-order valence-electron chi connectivity index (χ0n) is 7.55. The number of halogens is 1. The van der Waals surface area contributed by atoms with Gasteiger partial charge in [-0.05, 0) is 23.7 Å². The molecule has 0 aliphatic carbocycles. The van der Waals surface area contributed by atoms with E-state index in [0.717, 1.165) is 5.76 Å². The molecule has 1 atom stereocenters. The van der Waals surface area contributed by atoms with Crippen molar-refractivity contribution in [2.75, 3.05) is 13.1 Å². The lowest BCUT2D eigenvalue weighted by Gasteiger charge is -2.11. The largest absolute Gasteiger partial charge is 0.448 e. The van der Waals surface area contributed by atoms with Gasteiger partial charge in [-0.1, -0.05) is 0 Å². The molecule has 1 fully saturated rings. The molecule has 2 rings (SSSR count). The van der Waals surface area contributed by atoms with E-state index in [4.69, 9.17) is 16.0 Å². The predicted molar refractivity (Wildman–Crippen MR) is 52.1 cm³/mol. The molecular formula is C9H11ClN2O2. The molecule has 0 saturated carbocycles. The smallest absolute Gasteiger partial charge is 0.221 e. The minimum absolute atomic E-state index is 0.0222. The molecule has 1 aliphatic heterocycles. The second kappa shape index (κ2) is 4.02. The molecule has 0 aromatic carbocycles. The highest BCUT2D eigenvalue weighted by molar-refractivity contribution is 6.28. The first-order valence-electron chi connectivity index (χ1n) is 4.51. The van der Waals surface area contributed by atoms with Crippen LogP contribution in [0.25, 0.3) is 0 Å². The highest BCUT2D eigenvalue weighted by Gasteiger charge is 2.19. The van der Waals surface area contributed by atoms with Crippen molar-refractivity contribution in [1.82, 2.24) is 10.6 Å². The summed E-state index contributed by atoms with van der Waals surface area (Å²) < 4.78 is 5.27. The second-order valence-corrected chi connectivity index (χ2v) is 3.58. The monoisotopic (exact) mass is 214 g/mol. The molecule has 2 N–H and O–H groups in total. The van der Waals surface area contributed by atoms with Crippen LogP contribution >= 0.6 is 11.6 Å². The van der Waals surface area contributed by atoms with Crippen LogP contribution in [-0.2, 0) is 4.79 Å². The lowest BCUT2D eigenvalue weighted by Crippen LogP contribution is -2.28. The van der Waals surface area contributed by atoms with Gasteiger partial charge in [-0.3, -0.25) is 4.79 Å². The first-order valence-corrected chi connectivity index (χ1v) is 4.89. The van der Waals surface area contributed by atoms with Gasteiger partial charge in [0.2, 0.25) is 5.91 Å². The Labute approximate surface area is 86.6 Å². The minimum Gasteiger partial charge on any atom is -0.448 e.